The lowest BCUT2D eigenvalue weighted by Crippen LogP contribution is -2.56. The number of amides is 1. The molecular formula is C11H21NO4. The molecule has 0 spiro atoms. The number of rotatable bonds is 5. The molecule has 0 aromatic rings. The Hall–Kier alpha value is -0.650. The van der Waals surface area contributed by atoms with E-state index in [9.17, 15) is 15.0 Å². The monoisotopic (exact) mass is 231 g/mol. The van der Waals surface area contributed by atoms with Crippen LogP contribution in [-0.4, -0.2) is 47.6 Å². The fourth-order valence-electron chi connectivity index (χ4n) is 1.73. The zero-order chi connectivity index (χ0) is 12.0. The predicted molar refractivity (Wildman–Crippen MR) is 58.9 cm³/mol. The second-order valence-corrected chi connectivity index (χ2v) is 4.29. The molecule has 1 saturated heterocycles. The van der Waals surface area contributed by atoms with Gasteiger partial charge < -0.3 is 20.3 Å². The Labute approximate surface area is 95.8 Å². The van der Waals surface area contributed by atoms with Gasteiger partial charge in [0.25, 0.3) is 0 Å². The zero-order valence-electron chi connectivity index (χ0n) is 9.74. The molecule has 5 heteroatoms. The summed E-state index contributed by atoms with van der Waals surface area (Å²) in [7, 11) is 0. The van der Waals surface area contributed by atoms with Crippen LogP contribution in [0.2, 0.25) is 0 Å². The van der Waals surface area contributed by atoms with E-state index in [1.54, 1.807) is 0 Å². The molecule has 1 aliphatic rings. The first-order valence-corrected chi connectivity index (χ1v) is 5.83. The minimum absolute atomic E-state index is 0.232. The van der Waals surface area contributed by atoms with Gasteiger partial charge in [0.05, 0.1) is 18.8 Å². The molecule has 16 heavy (non-hydrogen) atoms. The van der Waals surface area contributed by atoms with Crippen molar-refractivity contribution in [3.05, 3.63) is 0 Å². The Bertz CT molecular complexity index is 214. The molecule has 0 saturated carbocycles. The smallest absolute Gasteiger partial charge is 0.249 e. The fourth-order valence-corrected chi connectivity index (χ4v) is 1.73. The van der Waals surface area contributed by atoms with E-state index in [2.05, 4.69) is 5.32 Å². The summed E-state index contributed by atoms with van der Waals surface area (Å²) in [5.41, 5.74) is -0.919. The van der Waals surface area contributed by atoms with Crippen LogP contribution in [0.5, 0.6) is 0 Å². The highest BCUT2D eigenvalue weighted by Crippen LogP contribution is 2.15. The molecule has 3 N–H and O–H groups in total. The van der Waals surface area contributed by atoms with Gasteiger partial charge in [-0.25, -0.2) is 0 Å². The van der Waals surface area contributed by atoms with Crippen LogP contribution in [0, 0.1) is 0 Å². The summed E-state index contributed by atoms with van der Waals surface area (Å²) in [6.07, 6.45) is 2.73. The van der Waals surface area contributed by atoms with E-state index in [0.29, 0.717) is 19.4 Å². The van der Waals surface area contributed by atoms with Gasteiger partial charge in [-0.15, -0.1) is 0 Å². The molecule has 0 aliphatic carbocycles. The molecule has 5 nitrogen and oxygen atoms in total. The van der Waals surface area contributed by atoms with Crippen molar-refractivity contribution in [1.82, 2.24) is 5.32 Å². The van der Waals surface area contributed by atoms with E-state index in [1.807, 2.05) is 6.92 Å². The minimum Gasteiger partial charge on any atom is -0.394 e. The molecule has 1 amide bonds. The molecule has 0 radical (unpaired) electrons. The fraction of sp³-hybridized carbons (Fsp3) is 0.909. The van der Waals surface area contributed by atoms with Crippen molar-refractivity contribution >= 4 is 5.91 Å². The average molecular weight is 231 g/mol. The van der Waals surface area contributed by atoms with Crippen molar-refractivity contribution in [2.45, 2.75) is 44.2 Å². The van der Waals surface area contributed by atoms with Crippen molar-refractivity contribution in [3.8, 4) is 0 Å². The molecule has 1 unspecified atom stereocenters. The number of carbonyl (C=O) groups excluding carboxylic acids is 1. The van der Waals surface area contributed by atoms with E-state index in [4.69, 9.17) is 4.74 Å². The van der Waals surface area contributed by atoms with Crippen LogP contribution in [0.25, 0.3) is 0 Å². The summed E-state index contributed by atoms with van der Waals surface area (Å²) in [6.45, 7) is 1.89. The highest BCUT2D eigenvalue weighted by Gasteiger charge is 2.32. The van der Waals surface area contributed by atoms with E-state index < -0.39 is 11.6 Å². The van der Waals surface area contributed by atoms with Gasteiger partial charge >= 0.3 is 0 Å². The predicted octanol–water partition coefficient (Wildman–Crippen LogP) is -0.195. The SMILES string of the molecule is CCC(CO)(CO)NC(=O)C1CCCCO1. The standard InChI is InChI=1S/C11H21NO4/c1-2-11(7-13,8-14)12-10(15)9-5-3-4-6-16-9/h9,13-14H,2-8H2,1H3,(H,12,15). The number of hydrogen-bond acceptors (Lipinski definition) is 4. The highest BCUT2D eigenvalue weighted by atomic mass is 16.5. The quantitative estimate of drug-likeness (QED) is 0.612. The number of carbonyl (C=O) groups is 1. The highest BCUT2D eigenvalue weighted by molar-refractivity contribution is 5.81. The van der Waals surface area contributed by atoms with Gasteiger partial charge in [0.2, 0.25) is 5.91 Å². The van der Waals surface area contributed by atoms with Crippen molar-refractivity contribution in [2.75, 3.05) is 19.8 Å². The lowest BCUT2D eigenvalue weighted by atomic mass is 9.97. The third kappa shape index (κ3) is 3.17. The van der Waals surface area contributed by atoms with Gasteiger partial charge in [0.1, 0.15) is 6.10 Å². The number of aliphatic hydroxyl groups is 2. The number of aliphatic hydroxyl groups excluding tert-OH is 2. The molecule has 1 fully saturated rings. The molecule has 0 aromatic carbocycles. The van der Waals surface area contributed by atoms with E-state index in [1.165, 1.54) is 0 Å². The van der Waals surface area contributed by atoms with E-state index in [-0.39, 0.29) is 19.1 Å². The van der Waals surface area contributed by atoms with Crippen molar-refractivity contribution in [2.24, 2.45) is 0 Å². The summed E-state index contributed by atoms with van der Waals surface area (Å²) in [6, 6.07) is 0. The van der Waals surface area contributed by atoms with Gasteiger partial charge in [-0.1, -0.05) is 6.92 Å². The maximum absolute atomic E-state index is 11.8. The zero-order valence-corrected chi connectivity index (χ0v) is 9.74. The van der Waals surface area contributed by atoms with Gasteiger partial charge in [-0.3, -0.25) is 4.79 Å². The van der Waals surface area contributed by atoms with Crippen LogP contribution < -0.4 is 5.32 Å². The lowest BCUT2D eigenvalue weighted by molar-refractivity contribution is -0.139. The summed E-state index contributed by atoms with van der Waals surface area (Å²) in [5.74, 6) is -0.232. The van der Waals surface area contributed by atoms with E-state index in [0.717, 1.165) is 12.8 Å². The Morgan fingerprint density at radius 1 is 1.44 bits per heavy atom. The molecule has 1 rings (SSSR count). The Morgan fingerprint density at radius 2 is 2.12 bits per heavy atom. The third-order valence-corrected chi connectivity index (χ3v) is 3.14. The van der Waals surface area contributed by atoms with Gasteiger partial charge in [0.15, 0.2) is 0 Å². The first-order chi connectivity index (χ1) is 7.67. The van der Waals surface area contributed by atoms with Crippen LogP contribution in [0.1, 0.15) is 32.6 Å². The molecule has 94 valence electrons. The normalized spacial score (nSPS) is 21.8. The Kier molecular flexibility index (Phi) is 5.18. The lowest BCUT2D eigenvalue weighted by Gasteiger charge is -2.32. The molecule has 1 aliphatic heterocycles. The maximum Gasteiger partial charge on any atom is 0.249 e. The Balaban J connectivity index is 2.53. The third-order valence-electron chi connectivity index (χ3n) is 3.14. The summed E-state index contributed by atoms with van der Waals surface area (Å²) in [4.78, 5) is 11.8. The van der Waals surface area contributed by atoms with Crippen LogP contribution in [-0.2, 0) is 9.53 Å². The second kappa shape index (κ2) is 6.18. The molecule has 0 bridgehead atoms. The van der Waals surface area contributed by atoms with Crippen LogP contribution in [0.15, 0.2) is 0 Å². The summed E-state index contributed by atoms with van der Waals surface area (Å²) >= 11 is 0. The largest absolute Gasteiger partial charge is 0.394 e. The van der Waals surface area contributed by atoms with Crippen LogP contribution >= 0.6 is 0 Å². The number of nitrogens with one attached hydrogen (secondary N) is 1. The Morgan fingerprint density at radius 3 is 2.56 bits per heavy atom. The topological polar surface area (TPSA) is 78.8 Å². The van der Waals surface area contributed by atoms with Gasteiger partial charge in [-0.2, -0.15) is 0 Å². The molecule has 1 heterocycles. The maximum atomic E-state index is 11.8. The van der Waals surface area contributed by atoms with Crippen molar-refractivity contribution in [3.63, 3.8) is 0 Å². The van der Waals surface area contributed by atoms with Crippen molar-refractivity contribution in [1.29, 1.82) is 0 Å². The van der Waals surface area contributed by atoms with E-state index >= 15 is 0 Å². The van der Waals surface area contributed by atoms with Crippen LogP contribution in [0.4, 0.5) is 0 Å². The van der Waals surface area contributed by atoms with Gasteiger partial charge in [0, 0.05) is 6.61 Å². The summed E-state index contributed by atoms with van der Waals surface area (Å²) < 4.78 is 5.34. The summed E-state index contributed by atoms with van der Waals surface area (Å²) in [5, 5.41) is 21.1. The van der Waals surface area contributed by atoms with Gasteiger partial charge in [-0.05, 0) is 25.7 Å². The molecular weight excluding hydrogens is 210 g/mol. The first-order valence-electron chi connectivity index (χ1n) is 5.83. The number of hydrogen-bond donors (Lipinski definition) is 3. The average Bonchev–Trinajstić information content (AvgIpc) is 2.37. The molecule has 0 aromatic heterocycles. The first kappa shape index (κ1) is 13.4. The second-order valence-electron chi connectivity index (χ2n) is 4.29. The van der Waals surface area contributed by atoms with Crippen LogP contribution in [0.3, 0.4) is 0 Å². The van der Waals surface area contributed by atoms with Crippen molar-refractivity contribution < 1.29 is 19.7 Å². The number of ether oxygens (including phenoxy) is 1. The minimum atomic E-state index is -0.919. The molecule has 1 atom stereocenters.